The molecule has 84 valence electrons. The van der Waals surface area contributed by atoms with Gasteiger partial charge in [-0.15, -0.1) is 5.73 Å². The SMILES string of the molecule is C=C=C(CC1C=C(C)CCC1)[Si](C)(C)C. The predicted molar refractivity (Wildman–Crippen MR) is 71.7 cm³/mol. The number of rotatable bonds is 3. The van der Waals surface area contributed by atoms with Crippen LogP contribution in [0, 0.1) is 5.92 Å². The molecular weight excluding hydrogens is 196 g/mol. The highest BCUT2D eigenvalue weighted by Crippen LogP contribution is 2.30. The normalized spacial score (nSPS) is 21.9. The van der Waals surface area contributed by atoms with Gasteiger partial charge in [-0.2, -0.15) is 0 Å². The van der Waals surface area contributed by atoms with Gasteiger partial charge in [0.2, 0.25) is 0 Å². The van der Waals surface area contributed by atoms with Gasteiger partial charge in [-0.05, 0) is 43.7 Å². The Bertz CT molecular complexity index is 298. The second-order valence-corrected chi connectivity index (χ2v) is 10.9. The zero-order valence-electron chi connectivity index (χ0n) is 10.7. The first kappa shape index (κ1) is 12.5. The fraction of sp³-hybridized carbons (Fsp3) is 0.643. The van der Waals surface area contributed by atoms with E-state index in [0.717, 1.165) is 5.92 Å². The lowest BCUT2D eigenvalue weighted by Gasteiger charge is -2.25. The highest BCUT2D eigenvalue weighted by atomic mass is 28.3. The second kappa shape index (κ2) is 5.00. The van der Waals surface area contributed by atoms with Crippen molar-refractivity contribution in [1.82, 2.24) is 0 Å². The maximum absolute atomic E-state index is 3.86. The largest absolute Gasteiger partial charge is 0.134 e. The van der Waals surface area contributed by atoms with Crippen LogP contribution in [-0.4, -0.2) is 8.07 Å². The molecule has 0 aliphatic heterocycles. The van der Waals surface area contributed by atoms with E-state index in [1.54, 1.807) is 5.57 Å². The third-order valence-corrected chi connectivity index (χ3v) is 5.44. The molecule has 1 rings (SSSR count). The molecule has 0 bridgehead atoms. The first-order valence-corrected chi connectivity index (χ1v) is 9.50. The lowest BCUT2D eigenvalue weighted by molar-refractivity contribution is 0.529. The fourth-order valence-corrected chi connectivity index (χ4v) is 3.68. The monoisotopic (exact) mass is 220 g/mol. The summed E-state index contributed by atoms with van der Waals surface area (Å²) in [6.45, 7) is 13.3. The molecule has 0 aromatic heterocycles. The van der Waals surface area contributed by atoms with E-state index in [1.165, 1.54) is 30.9 Å². The van der Waals surface area contributed by atoms with Crippen LogP contribution in [0.4, 0.5) is 0 Å². The molecule has 1 aliphatic carbocycles. The van der Waals surface area contributed by atoms with Crippen molar-refractivity contribution in [2.75, 3.05) is 0 Å². The third-order valence-electron chi connectivity index (χ3n) is 3.25. The molecule has 0 spiro atoms. The molecule has 1 aliphatic rings. The average molecular weight is 220 g/mol. The Morgan fingerprint density at radius 1 is 1.53 bits per heavy atom. The Labute approximate surface area is 95.8 Å². The van der Waals surface area contributed by atoms with Crippen LogP contribution in [0.2, 0.25) is 19.6 Å². The van der Waals surface area contributed by atoms with Gasteiger partial charge in [0.1, 0.15) is 0 Å². The van der Waals surface area contributed by atoms with E-state index in [-0.39, 0.29) is 0 Å². The maximum atomic E-state index is 3.86. The summed E-state index contributed by atoms with van der Waals surface area (Å²) in [5, 5.41) is 1.51. The fourth-order valence-electron chi connectivity index (χ4n) is 2.28. The highest BCUT2D eigenvalue weighted by molar-refractivity contribution is 6.83. The van der Waals surface area contributed by atoms with E-state index >= 15 is 0 Å². The molecule has 0 saturated carbocycles. The van der Waals surface area contributed by atoms with Crippen molar-refractivity contribution >= 4 is 8.07 Å². The van der Waals surface area contributed by atoms with Gasteiger partial charge in [0.15, 0.2) is 0 Å². The van der Waals surface area contributed by atoms with E-state index in [9.17, 15) is 0 Å². The standard InChI is InChI=1S/C14H24Si/c1-6-14(15(3,4)5)11-13-9-7-8-12(2)10-13/h10,13H,1,7-9,11H2,2-5H3. The molecule has 0 heterocycles. The van der Waals surface area contributed by atoms with Gasteiger partial charge in [-0.1, -0.05) is 37.9 Å². The molecule has 0 aromatic rings. The third kappa shape index (κ3) is 3.85. The lowest BCUT2D eigenvalue weighted by atomic mass is 9.89. The Balaban J connectivity index is 2.69. The highest BCUT2D eigenvalue weighted by Gasteiger charge is 2.22. The van der Waals surface area contributed by atoms with Crippen molar-refractivity contribution in [2.45, 2.75) is 52.2 Å². The summed E-state index contributed by atoms with van der Waals surface area (Å²) in [6.07, 6.45) is 7.70. The van der Waals surface area contributed by atoms with Gasteiger partial charge < -0.3 is 0 Å². The van der Waals surface area contributed by atoms with Gasteiger partial charge in [0.05, 0.1) is 8.07 Å². The molecule has 1 unspecified atom stereocenters. The summed E-state index contributed by atoms with van der Waals surface area (Å²) in [7, 11) is -1.18. The summed E-state index contributed by atoms with van der Waals surface area (Å²) in [4.78, 5) is 0. The predicted octanol–water partition coefficient (Wildman–Crippen LogP) is 4.71. The van der Waals surface area contributed by atoms with Crippen LogP contribution >= 0.6 is 0 Å². The molecule has 1 heteroatoms. The number of hydrogen-bond acceptors (Lipinski definition) is 0. The summed E-state index contributed by atoms with van der Waals surface area (Å²) in [5.74, 6) is 0.759. The Morgan fingerprint density at radius 2 is 2.20 bits per heavy atom. The Morgan fingerprint density at radius 3 is 2.67 bits per heavy atom. The first-order chi connectivity index (χ1) is 6.93. The number of hydrogen-bond donors (Lipinski definition) is 0. The van der Waals surface area contributed by atoms with Crippen LogP contribution in [0.15, 0.2) is 29.2 Å². The van der Waals surface area contributed by atoms with Crippen LogP contribution in [0.25, 0.3) is 0 Å². The van der Waals surface area contributed by atoms with E-state index in [4.69, 9.17) is 0 Å². The molecule has 0 fully saturated rings. The van der Waals surface area contributed by atoms with E-state index in [1.807, 2.05) is 0 Å². The Hall–Kier alpha value is -0.523. The van der Waals surface area contributed by atoms with E-state index in [0.29, 0.717) is 0 Å². The zero-order chi connectivity index (χ0) is 11.5. The minimum absolute atomic E-state index is 0.759. The van der Waals surface area contributed by atoms with Gasteiger partial charge >= 0.3 is 0 Å². The van der Waals surface area contributed by atoms with Crippen molar-refractivity contribution in [3.63, 3.8) is 0 Å². The van der Waals surface area contributed by atoms with Crippen molar-refractivity contribution in [3.8, 4) is 0 Å². The Kier molecular flexibility index (Phi) is 4.18. The zero-order valence-corrected chi connectivity index (χ0v) is 11.7. The molecule has 0 amide bonds. The smallest absolute Gasteiger partial charge is 0.0823 e. The maximum Gasteiger partial charge on any atom is 0.0823 e. The minimum Gasteiger partial charge on any atom is -0.134 e. The van der Waals surface area contributed by atoms with Crippen molar-refractivity contribution in [2.24, 2.45) is 5.92 Å². The molecule has 1 atom stereocenters. The first-order valence-electron chi connectivity index (χ1n) is 6.00. The summed E-state index contributed by atoms with van der Waals surface area (Å²) >= 11 is 0. The van der Waals surface area contributed by atoms with Gasteiger partial charge in [0, 0.05) is 0 Å². The van der Waals surface area contributed by atoms with Crippen LogP contribution < -0.4 is 0 Å². The van der Waals surface area contributed by atoms with Crippen molar-refractivity contribution < 1.29 is 0 Å². The number of allylic oxidation sites excluding steroid dienone is 3. The van der Waals surface area contributed by atoms with Gasteiger partial charge in [-0.25, -0.2) is 0 Å². The molecule has 0 radical (unpaired) electrons. The molecule has 0 saturated heterocycles. The summed E-state index contributed by atoms with van der Waals surface area (Å²) in [6, 6.07) is 0. The van der Waals surface area contributed by atoms with Crippen LogP contribution in [0.3, 0.4) is 0 Å². The topological polar surface area (TPSA) is 0 Å². The van der Waals surface area contributed by atoms with Crippen molar-refractivity contribution in [3.05, 3.63) is 29.2 Å². The quantitative estimate of drug-likeness (QED) is 0.367. The minimum atomic E-state index is -1.18. The molecule has 15 heavy (non-hydrogen) atoms. The van der Waals surface area contributed by atoms with Crippen LogP contribution in [0.5, 0.6) is 0 Å². The van der Waals surface area contributed by atoms with Crippen molar-refractivity contribution in [1.29, 1.82) is 0 Å². The average Bonchev–Trinajstić information content (AvgIpc) is 2.12. The van der Waals surface area contributed by atoms with E-state index < -0.39 is 8.07 Å². The van der Waals surface area contributed by atoms with Crippen LogP contribution in [-0.2, 0) is 0 Å². The molecular formula is C14H24Si. The van der Waals surface area contributed by atoms with Gasteiger partial charge in [0.25, 0.3) is 0 Å². The van der Waals surface area contributed by atoms with E-state index in [2.05, 4.69) is 45.0 Å². The molecule has 0 aromatic carbocycles. The second-order valence-electron chi connectivity index (χ2n) is 5.77. The molecule has 0 N–H and O–H groups in total. The lowest BCUT2D eigenvalue weighted by Crippen LogP contribution is -2.25. The summed E-state index contributed by atoms with van der Waals surface area (Å²) < 4.78 is 0. The van der Waals surface area contributed by atoms with Gasteiger partial charge in [-0.3, -0.25) is 0 Å². The summed E-state index contributed by atoms with van der Waals surface area (Å²) in [5.41, 5.74) is 4.78. The van der Waals surface area contributed by atoms with Crippen LogP contribution in [0.1, 0.15) is 32.6 Å². The molecule has 0 nitrogen and oxygen atoms in total.